The Morgan fingerprint density at radius 2 is 1.90 bits per heavy atom. The molecule has 0 aliphatic heterocycles. The van der Waals surface area contributed by atoms with Crippen molar-refractivity contribution < 1.29 is 9.63 Å². The summed E-state index contributed by atoms with van der Waals surface area (Å²) < 4.78 is 0. The molecule has 2 bridgehead atoms. The van der Waals surface area contributed by atoms with E-state index in [1.54, 1.807) is 0 Å². The summed E-state index contributed by atoms with van der Waals surface area (Å²) in [5.41, 5.74) is 1.46. The molecule has 2 atom stereocenters. The molecule has 0 spiro atoms. The van der Waals surface area contributed by atoms with Gasteiger partial charge in [-0.3, -0.25) is 4.84 Å². The largest absolute Gasteiger partial charge is 0.433 e. The lowest BCUT2D eigenvalue weighted by atomic mass is 9.70. The van der Waals surface area contributed by atoms with E-state index >= 15 is 0 Å². The van der Waals surface area contributed by atoms with Crippen LogP contribution in [0.2, 0.25) is 0 Å². The van der Waals surface area contributed by atoms with Gasteiger partial charge in [0.25, 0.3) is 0 Å². The number of oxime groups is 1. The van der Waals surface area contributed by atoms with E-state index in [2.05, 4.69) is 31.2 Å². The van der Waals surface area contributed by atoms with Gasteiger partial charge in [0.15, 0.2) is 0 Å². The van der Waals surface area contributed by atoms with E-state index in [9.17, 15) is 4.79 Å². The van der Waals surface area contributed by atoms with Crippen LogP contribution in [0.4, 0.5) is 4.79 Å². The fourth-order valence-electron chi connectivity index (χ4n) is 4.60. The summed E-state index contributed by atoms with van der Waals surface area (Å²) in [5, 5.41) is 7.20. The molecule has 0 aromatic heterocycles. The second-order valence-electron chi connectivity index (χ2n) is 7.89. The van der Waals surface area contributed by atoms with Gasteiger partial charge in [0, 0.05) is 11.5 Å². The van der Waals surface area contributed by atoms with Crippen molar-refractivity contribution in [3.63, 3.8) is 0 Å². The Hall–Kier alpha value is -1.06. The van der Waals surface area contributed by atoms with Crippen LogP contribution in [-0.4, -0.2) is 17.8 Å². The van der Waals surface area contributed by atoms with Gasteiger partial charge in [0.2, 0.25) is 0 Å². The second-order valence-corrected chi connectivity index (χ2v) is 7.89. The molecule has 3 rings (SSSR count). The first kappa shape index (κ1) is 14.9. The summed E-state index contributed by atoms with van der Waals surface area (Å²) >= 11 is 0. The van der Waals surface area contributed by atoms with Crippen molar-refractivity contribution >= 4 is 11.8 Å². The van der Waals surface area contributed by atoms with Crippen LogP contribution >= 0.6 is 0 Å². The molecule has 21 heavy (non-hydrogen) atoms. The fourth-order valence-corrected chi connectivity index (χ4v) is 4.60. The van der Waals surface area contributed by atoms with Crippen LogP contribution < -0.4 is 5.32 Å². The van der Waals surface area contributed by atoms with Crippen LogP contribution in [0.1, 0.15) is 72.1 Å². The number of nitrogens with zero attached hydrogens (tertiary/aromatic N) is 1. The third kappa shape index (κ3) is 2.47. The summed E-state index contributed by atoms with van der Waals surface area (Å²) in [6.45, 7) is 6.94. The molecule has 1 N–H and O–H groups in total. The highest BCUT2D eigenvalue weighted by atomic mass is 16.7. The number of amides is 1. The minimum Gasteiger partial charge on any atom is -0.317 e. The van der Waals surface area contributed by atoms with Gasteiger partial charge in [-0.2, -0.15) is 0 Å². The van der Waals surface area contributed by atoms with Gasteiger partial charge in [-0.1, -0.05) is 45.2 Å². The smallest absolute Gasteiger partial charge is 0.317 e. The van der Waals surface area contributed by atoms with E-state index in [4.69, 9.17) is 4.84 Å². The number of fused-ring (bicyclic) bond motifs is 2. The lowest BCUT2D eigenvalue weighted by Gasteiger charge is -2.34. The lowest BCUT2D eigenvalue weighted by Crippen LogP contribution is -2.36. The molecule has 3 saturated carbocycles. The molecular weight excluding hydrogens is 264 g/mol. The molecule has 0 aromatic rings. The molecule has 0 saturated heterocycles. The van der Waals surface area contributed by atoms with Crippen LogP contribution in [0, 0.1) is 16.7 Å². The normalized spacial score (nSPS) is 36.9. The summed E-state index contributed by atoms with van der Waals surface area (Å²) in [6, 6.07) is 0.276. The number of carbonyl (C=O) groups excluding carboxylic acids is 1. The highest BCUT2D eigenvalue weighted by Gasteiger charge is 2.60. The van der Waals surface area contributed by atoms with Crippen molar-refractivity contribution in [1.29, 1.82) is 0 Å². The van der Waals surface area contributed by atoms with Crippen molar-refractivity contribution in [2.45, 2.75) is 78.2 Å². The zero-order valence-corrected chi connectivity index (χ0v) is 13.6. The summed E-state index contributed by atoms with van der Waals surface area (Å²) in [6.07, 6.45) is 8.87. The molecule has 4 heteroatoms. The van der Waals surface area contributed by atoms with Gasteiger partial charge in [0.1, 0.15) is 0 Å². The van der Waals surface area contributed by atoms with Gasteiger partial charge >= 0.3 is 6.09 Å². The predicted octanol–water partition coefficient (Wildman–Crippen LogP) is 4.25. The fraction of sp³-hybridized carbons (Fsp3) is 0.882. The number of nitrogens with one attached hydrogen (secondary N) is 1. The Kier molecular flexibility index (Phi) is 3.74. The number of carbonyl (C=O) groups is 1. The monoisotopic (exact) mass is 292 g/mol. The van der Waals surface area contributed by atoms with Crippen LogP contribution in [0.25, 0.3) is 0 Å². The first-order valence-electron chi connectivity index (χ1n) is 8.48. The van der Waals surface area contributed by atoms with E-state index < -0.39 is 0 Å². The van der Waals surface area contributed by atoms with Crippen LogP contribution in [0.3, 0.4) is 0 Å². The average molecular weight is 292 g/mol. The molecule has 1 amide bonds. The Labute approximate surface area is 127 Å². The Bertz CT molecular complexity index is 452. The summed E-state index contributed by atoms with van der Waals surface area (Å²) in [7, 11) is 0. The maximum absolute atomic E-state index is 11.9. The van der Waals surface area contributed by atoms with Crippen molar-refractivity contribution in [2.75, 3.05) is 0 Å². The molecule has 0 aromatic carbocycles. The van der Waals surface area contributed by atoms with E-state index in [-0.39, 0.29) is 23.0 Å². The molecule has 4 nitrogen and oxygen atoms in total. The van der Waals surface area contributed by atoms with Crippen LogP contribution in [0.15, 0.2) is 5.16 Å². The third-order valence-electron chi connectivity index (χ3n) is 6.68. The number of rotatable bonds is 2. The Morgan fingerprint density at radius 3 is 2.48 bits per heavy atom. The topological polar surface area (TPSA) is 50.7 Å². The van der Waals surface area contributed by atoms with Crippen molar-refractivity contribution in [2.24, 2.45) is 21.9 Å². The van der Waals surface area contributed by atoms with Gasteiger partial charge in [-0.25, -0.2) is 4.79 Å². The molecule has 118 valence electrons. The molecule has 0 heterocycles. The van der Waals surface area contributed by atoms with Gasteiger partial charge < -0.3 is 5.32 Å². The molecule has 0 radical (unpaired) electrons. The van der Waals surface area contributed by atoms with E-state index in [1.807, 2.05) is 0 Å². The zero-order chi connectivity index (χ0) is 15.1. The first-order chi connectivity index (χ1) is 9.93. The SMILES string of the molecule is CC12CCC(CC1=NOC(=O)NC1CCCCC1)C2(C)C. The van der Waals surface area contributed by atoms with Crippen molar-refractivity contribution in [1.82, 2.24) is 5.32 Å². The van der Waals surface area contributed by atoms with Crippen molar-refractivity contribution in [3.05, 3.63) is 0 Å². The highest BCUT2D eigenvalue weighted by molar-refractivity contribution is 5.94. The minimum absolute atomic E-state index is 0.1000. The van der Waals surface area contributed by atoms with Gasteiger partial charge in [0.05, 0.1) is 5.71 Å². The van der Waals surface area contributed by atoms with E-state index in [0.29, 0.717) is 5.92 Å². The summed E-state index contributed by atoms with van der Waals surface area (Å²) in [4.78, 5) is 17.1. The maximum Gasteiger partial charge on any atom is 0.433 e. The van der Waals surface area contributed by atoms with Crippen LogP contribution in [-0.2, 0) is 4.84 Å². The standard InChI is InChI=1S/C17H28N2O2/c1-16(2)12-9-10-17(16,3)14(11-12)19-21-15(20)18-13-7-5-4-6-8-13/h12-13H,4-11H2,1-3H3,(H,18,20). The summed E-state index contributed by atoms with van der Waals surface area (Å²) in [5.74, 6) is 0.686. The second kappa shape index (κ2) is 5.29. The minimum atomic E-state index is -0.376. The zero-order valence-electron chi connectivity index (χ0n) is 13.6. The maximum atomic E-state index is 11.9. The average Bonchev–Trinajstić information content (AvgIpc) is 2.79. The molecule has 2 unspecified atom stereocenters. The molecule has 3 aliphatic carbocycles. The lowest BCUT2D eigenvalue weighted by molar-refractivity contribution is 0.139. The number of hydrogen-bond acceptors (Lipinski definition) is 3. The van der Waals surface area contributed by atoms with Crippen molar-refractivity contribution in [3.8, 4) is 0 Å². The quantitative estimate of drug-likeness (QED) is 0.611. The Balaban J connectivity index is 1.58. The van der Waals surface area contributed by atoms with E-state index in [1.165, 1.54) is 25.7 Å². The van der Waals surface area contributed by atoms with Gasteiger partial charge in [-0.05, 0) is 43.4 Å². The highest BCUT2D eigenvalue weighted by Crippen LogP contribution is 2.63. The third-order valence-corrected chi connectivity index (χ3v) is 6.68. The van der Waals surface area contributed by atoms with Gasteiger partial charge in [-0.15, -0.1) is 0 Å². The van der Waals surface area contributed by atoms with E-state index in [0.717, 1.165) is 31.4 Å². The number of hydrogen-bond donors (Lipinski definition) is 1. The Morgan fingerprint density at radius 1 is 1.19 bits per heavy atom. The molecular formula is C17H28N2O2. The van der Waals surface area contributed by atoms with Crippen LogP contribution in [0.5, 0.6) is 0 Å². The molecule has 3 fully saturated rings. The molecule has 3 aliphatic rings. The first-order valence-corrected chi connectivity index (χ1v) is 8.48. The predicted molar refractivity (Wildman–Crippen MR) is 83.2 cm³/mol.